The molecular formula is C23H28N4O2S. The number of hydrazine groups is 1. The first-order chi connectivity index (χ1) is 14.5. The third-order valence-corrected chi connectivity index (χ3v) is 8.49. The Kier molecular flexibility index (Phi) is 5.14. The molecule has 158 valence electrons. The van der Waals surface area contributed by atoms with Crippen molar-refractivity contribution in [3.63, 3.8) is 0 Å². The molecule has 3 aromatic rings. The molecule has 0 aliphatic carbocycles. The van der Waals surface area contributed by atoms with Crippen LogP contribution in [0.2, 0.25) is 0 Å². The summed E-state index contributed by atoms with van der Waals surface area (Å²) in [6.45, 7) is 5.33. The molecule has 2 aliphatic heterocycles. The van der Waals surface area contributed by atoms with Gasteiger partial charge < -0.3 is 4.57 Å². The fourth-order valence-electron chi connectivity index (χ4n) is 4.91. The molecule has 6 nitrogen and oxygen atoms in total. The normalized spacial score (nSPS) is 23.5. The topological polar surface area (TPSA) is 66.4 Å². The Hall–Kier alpha value is -2.19. The van der Waals surface area contributed by atoms with Crippen LogP contribution in [-0.4, -0.2) is 43.0 Å². The maximum atomic E-state index is 13.1. The molecule has 0 amide bonds. The molecule has 2 fully saturated rings. The predicted molar refractivity (Wildman–Crippen MR) is 119 cm³/mol. The van der Waals surface area contributed by atoms with E-state index in [1.54, 1.807) is 28.6 Å². The highest BCUT2D eigenvalue weighted by molar-refractivity contribution is 7.89. The van der Waals surface area contributed by atoms with E-state index >= 15 is 0 Å². The molecule has 3 heterocycles. The summed E-state index contributed by atoms with van der Waals surface area (Å²) in [5.74, 6) is 0.808. The van der Waals surface area contributed by atoms with Gasteiger partial charge >= 0.3 is 0 Å². The van der Waals surface area contributed by atoms with Crippen molar-refractivity contribution in [3.05, 3.63) is 66.4 Å². The van der Waals surface area contributed by atoms with E-state index in [2.05, 4.69) is 45.9 Å². The number of fused-ring (bicyclic) bond motifs is 1. The molecule has 2 aromatic carbocycles. The van der Waals surface area contributed by atoms with Crippen molar-refractivity contribution in [2.24, 2.45) is 5.92 Å². The molecule has 2 saturated heterocycles. The average Bonchev–Trinajstić information content (AvgIpc) is 3.49. The second-order valence-corrected chi connectivity index (χ2v) is 10.5. The maximum Gasteiger partial charge on any atom is 0.243 e. The third-order valence-electron chi connectivity index (χ3n) is 6.50. The summed E-state index contributed by atoms with van der Waals surface area (Å²) < 4.78 is 30.1. The van der Waals surface area contributed by atoms with Crippen LogP contribution in [0.3, 0.4) is 0 Å². The van der Waals surface area contributed by atoms with Crippen molar-refractivity contribution in [3.8, 4) is 0 Å². The van der Waals surface area contributed by atoms with Crippen LogP contribution in [0.5, 0.6) is 0 Å². The lowest BCUT2D eigenvalue weighted by atomic mass is 9.99. The van der Waals surface area contributed by atoms with Gasteiger partial charge in [-0.1, -0.05) is 24.3 Å². The van der Waals surface area contributed by atoms with Gasteiger partial charge in [-0.05, 0) is 60.5 Å². The van der Waals surface area contributed by atoms with E-state index in [1.807, 2.05) is 13.0 Å². The van der Waals surface area contributed by atoms with Gasteiger partial charge in [-0.2, -0.15) is 4.31 Å². The van der Waals surface area contributed by atoms with Crippen molar-refractivity contribution in [2.75, 3.05) is 19.6 Å². The summed E-state index contributed by atoms with van der Waals surface area (Å²) in [4.78, 5) is 0.382. The first-order valence-electron chi connectivity index (χ1n) is 10.6. The molecule has 2 atom stereocenters. The fourth-order valence-corrected chi connectivity index (χ4v) is 6.65. The third kappa shape index (κ3) is 3.56. The molecule has 5 rings (SSSR count). The zero-order valence-electron chi connectivity index (χ0n) is 17.2. The number of nitrogens with one attached hydrogen (secondary N) is 2. The molecule has 2 aliphatic rings. The minimum absolute atomic E-state index is 0.0102. The molecule has 1 unspecified atom stereocenters. The quantitative estimate of drug-likeness (QED) is 0.661. The summed E-state index contributed by atoms with van der Waals surface area (Å²) in [5.41, 5.74) is 8.96. The van der Waals surface area contributed by atoms with Gasteiger partial charge in [0.25, 0.3) is 0 Å². The predicted octanol–water partition coefficient (Wildman–Crippen LogP) is 2.93. The number of nitrogens with zero attached hydrogens (tertiary/aromatic N) is 2. The Labute approximate surface area is 177 Å². The van der Waals surface area contributed by atoms with Crippen molar-refractivity contribution in [2.45, 2.75) is 36.7 Å². The highest BCUT2D eigenvalue weighted by Crippen LogP contribution is 2.31. The number of rotatable bonds is 5. The summed E-state index contributed by atoms with van der Waals surface area (Å²) >= 11 is 0. The molecule has 30 heavy (non-hydrogen) atoms. The number of hydrogen-bond donors (Lipinski definition) is 2. The highest BCUT2D eigenvalue weighted by Gasteiger charge is 2.37. The molecule has 0 saturated carbocycles. The Bertz CT molecular complexity index is 1140. The van der Waals surface area contributed by atoms with Crippen LogP contribution in [0, 0.1) is 5.92 Å². The monoisotopic (exact) mass is 424 g/mol. The van der Waals surface area contributed by atoms with Gasteiger partial charge in [0.15, 0.2) is 0 Å². The lowest BCUT2D eigenvalue weighted by Gasteiger charge is -2.21. The molecule has 1 aromatic heterocycles. The fraction of sp³-hybridized carbons (Fsp3) is 0.391. The smallest absolute Gasteiger partial charge is 0.243 e. The van der Waals surface area contributed by atoms with E-state index in [0.29, 0.717) is 23.3 Å². The first-order valence-corrected chi connectivity index (χ1v) is 12.1. The number of aromatic nitrogens is 1. The number of hydrogen-bond acceptors (Lipinski definition) is 4. The van der Waals surface area contributed by atoms with Gasteiger partial charge in [-0.25, -0.2) is 8.42 Å². The molecule has 7 heteroatoms. The average molecular weight is 425 g/mol. The van der Waals surface area contributed by atoms with Crippen molar-refractivity contribution in [1.82, 2.24) is 19.7 Å². The second kappa shape index (κ2) is 7.81. The number of benzene rings is 2. The SMILES string of the molecule is C[C@H]1CC(Cn2ccc3cc(C4CNNC4)ccc32)CN1S(=O)(=O)c1ccccc1. The van der Waals surface area contributed by atoms with Crippen molar-refractivity contribution < 1.29 is 8.42 Å². The minimum Gasteiger partial charge on any atom is -0.347 e. The zero-order chi connectivity index (χ0) is 20.7. The van der Waals surface area contributed by atoms with E-state index in [0.717, 1.165) is 26.1 Å². The van der Waals surface area contributed by atoms with Crippen molar-refractivity contribution in [1.29, 1.82) is 0 Å². The van der Waals surface area contributed by atoms with E-state index in [1.165, 1.54) is 16.5 Å². The van der Waals surface area contributed by atoms with E-state index in [9.17, 15) is 8.42 Å². The van der Waals surface area contributed by atoms with Crippen LogP contribution >= 0.6 is 0 Å². The lowest BCUT2D eigenvalue weighted by Crippen LogP contribution is -2.34. The van der Waals surface area contributed by atoms with E-state index < -0.39 is 10.0 Å². The van der Waals surface area contributed by atoms with Crippen LogP contribution in [0.1, 0.15) is 24.8 Å². The Morgan fingerprint density at radius 2 is 1.80 bits per heavy atom. The summed E-state index contributed by atoms with van der Waals surface area (Å²) in [5, 5.41) is 1.25. The molecular weight excluding hydrogens is 396 g/mol. The van der Waals surface area contributed by atoms with Gasteiger partial charge in [0, 0.05) is 49.9 Å². The van der Waals surface area contributed by atoms with Crippen LogP contribution in [-0.2, 0) is 16.6 Å². The summed E-state index contributed by atoms with van der Waals surface area (Å²) in [6, 6.07) is 17.7. The van der Waals surface area contributed by atoms with Gasteiger partial charge in [-0.3, -0.25) is 10.9 Å². The first kappa shape index (κ1) is 19.8. The molecule has 2 N–H and O–H groups in total. The summed E-state index contributed by atoms with van der Waals surface area (Å²) in [7, 11) is -3.45. The van der Waals surface area contributed by atoms with Gasteiger partial charge in [-0.15, -0.1) is 0 Å². The maximum absolute atomic E-state index is 13.1. The molecule has 0 bridgehead atoms. The highest BCUT2D eigenvalue weighted by atomic mass is 32.2. The van der Waals surface area contributed by atoms with Crippen LogP contribution in [0.4, 0.5) is 0 Å². The van der Waals surface area contributed by atoms with Crippen molar-refractivity contribution >= 4 is 20.9 Å². The Morgan fingerprint density at radius 3 is 2.57 bits per heavy atom. The largest absolute Gasteiger partial charge is 0.347 e. The van der Waals surface area contributed by atoms with Gasteiger partial charge in [0.1, 0.15) is 0 Å². The number of sulfonamides is 1. The molecule has 0 radical (unpaired) electrons. The van der Waals surface area contributed by atoms with Gasteiger partial charge in [0.05, 0.1) is 4.90 Å². The Balaban J connectivity index is 1.33. The standard InChI is InChI=1S/C23H28N4O2S/c1-17-11-18(16-27(17)30(28,29)22-5-3-2-4-6-22)15-26-10-9-20-12-19(7-8-23(20)26)21-13-24-25-14-21/h2-10,12,17-18,21,24-25H,11,13-16H2,1H3/t17-,18?/m0/s1. The lowest BCUT2D eigenvalue weighted by molar-refractivity contribution is 0.400. The van der Waals surface area contributed by atoms with E-state index in [4.69, 9.17) is 0 Å². The van der Waals surface area contributed by atoms with E-state index in [-0.39, 0.29) is 6.04 Å². The second-order valence-electron chi connectivity index (χ2n) is 8.58. The van der Waals surface area contributed by atoms with Crippen LogP contribution < -0.4 is 10.9 Å². The van der Waals surface area contributed by atoms with Crippen LogP contribution in [0.15, 0.2) is 65.7 Å². The van der Waals surface area contributed by atoms with Gasteiger partial charge in [0.2, 0.25) is 10.0 Å². The minimum atomic E-state index is -3.45. The zero-order valence-corrected chi connectivity index (χ0v) is 18.0. The molecule has 0 spiro atoms. The summed E-state index contributed by atoms with van der Waals surface area (Å²) in [6.07, 6.45) is 3.02. The van der Waals surface area contributed by atoms with Crippen LogP contribution in [0.25, 0.3) is 10.9 Å². The Morgan fingerprint density at radius 1 is 1.03 bits per heavy atom.